The van der Waals surface area contributed by atoms with E-state index in [4.69, 9.17) is 14.2 Å². The number of carbonyl (C=O) groups excluding carboxylic acids is 1. The fraction of sp³-hybridized carbons (Fsp3) is 0.500. The molecule has 0 aliphatic heterocycles. The number of rotatable bonds is 8. The first-order chi connectivity index (χ1) is 9.67. The Kier molecular flexibility index (Phi) is 7.22. The zero-order valence-corrected chi connectivity index (χ0v) is 13.6. The largest absolute Gasteiger partial charge is 0.496 e. The molecule has 0 aliphatic rings. The summed E-state index contributed by atoms with van der Waals surface area (Å²) in [7, 11) is 4.59. The summed E-state index contributed by atoms with van der Waals surface area (Å²) in [5.41, 5.74) is 0.434. The Bertz CT molecular complexity index is 451. The third kappa shape index (κ3) is 4.30. The molecule has 1 rings (SSSR count). The second-order valence-corrected chi connectivity index (χ2v) is 4.85. The minimum absolute atomic E-state index is 0.183. The van der Waals surface area contributed by atoms with Gasteiger partial charge in [0.15, 0.2) is 11.5 Å². The predicted octanol–water partition coefficient (Wildman–Crippen LogP) is 2.62. The summed E-state index contributed by atoms with van der Waals surface area (Å²) in [6, 6.07) is 3.27. The fourth-order valence-electron chi connectivity index (χ4n) is 1.72. The Morgan fingerprint density at radius 2 is 1.65 bits per heavy atom. The summed E-state index contributed by atoms with van der Waals surface area (Å²) in [4.78, 5) is 12.2. The number of unbranched alkanes of at least 4 members (excludes halogenated alkanes) is 1. The Hall–Kier alpha value is -1.43. The van der Waals surface area contributed by atoms with Crippen molar-refractivity contribution in [2.24, 2.45) is 0 Å². The molecule has 1 aromatic rings. The molecular formula is C14H20BrNO4. The van der Waals surface area contributed by atoms with Gasteiger partial charge in [-0.2, -0.15) is 0 Å². The Morgan fingerprint density at radius 3 is 2.20 bits per heavy atom. The average Bonchev–Trinajstić information content (AvgIpc) is 2.49. The highest BCUT2D eigenvalue weighted by Gasteiger charge is 2.17. The molecule has 0 unspecified atom stereocenters. The maximum atomic E-state index is 12.2. The topological polar surface area (TPSA) is 56.8 Å². The van der Waals surface area contributed by atoms with Crippen LogP contribution in [0, 0.1) is 0 Å². The summed E-state index contributed by atoms with van der Waals surface area (Å²) in [5, 5.41) is 3.79. The maximum Gasteiger partial charge on any atom is 0.255 e. The van der Waals surface area contributed by atoms with Crippen LogP contribution in [0.1, 0.15) is 23.2 Å². The van der Waals surface area contributed by atoms with E-state index in [2.05, 4.69) is 21.2 Å². The van der Waals surface area contributed by atoms with Crippen LogP contribution in [-0.2, 0) is 0 Å². The van der Waals surface area contributed by atoms with Gasteiger partial charge in [-0.15, -0.1) is 0 Å². The fourth-order valence-corrected chi connectivity index (χ4v) is 2.12. The number of hydrogen-bond donors (Lipinski definition) is 1. The summed E-state index contributed by atoms with van der Waals surface area (Å²) < 4.78 is 15.6. The number of halogens is 1. The second kappa shape index (κ2) is 8.68. The number of hydrogen-bond acceptors (Lipinski definition) is 4. The van der Waals surface area contributed by atoms with Gasteiger partial charge in [0, 0.05) is 24.0 Å². The smallest absolute Gasteiger partial charge is 0.255 e. The van der Waals surface area contributed by atoms with Crippen molar-refractivity contribution in [3.63, 3.8) is 0 Å². The Morgan fingerprint density at radius 1 is 1.05 bits per heavy atom. The van der Waals surface area contributed by atoms with Gasteiger partial charge in [-0.3, -0.25) is 4.79 Å². The number of alkyl halides is 1. The van der Waals surface area contributed by atoms with Gasteiger partial charge in [0.1, 0.15) is 5.75 Å². The summed E-state index contributed by atoms with van der Waals surface area (Å²) in [6.07, 6.45) is 1.94. The number of nitrogens with one attached hydrogen (secondary N) is 1. The molecule has 5 nitrogen and oxygen atoms in total. The molecular weight excluding hydrogens is 326 g/mol. The van der Waals surface area contributed by atoms with E-state index in [1.807, 2.05) is 0 Å². The summed E-state index contributed by atoms with van der Waals surface area (Å²) in [6.45, 7) is 0.627. The third-order valence-corrected chi connectivity index (χ3v) is 3.36. The molecule has 0 bridgehead atoms. The van der Waals surface area contributed by atoms with Gasteiger partial charge < -0.3 is 19.5 Å². The van der Waals surface area contributed by atoms with Crippen molar-refractivity contribution in [2.75, 3.05) is 33.2 Å². The van der Waals surface area contributed by atoms with Gasteiger partial charge in [-0.1, -0.05) is 15.9 Å². The highest BCUT2D eigenvalue weighted by Crippen LogP contribution is 2.34. The lowest BCUT2D eigenvalue weighted by atomic mass is 10.1. The molecule has 0 fully saturated rings. The van der Waals surface area contributed by atoms with Crippen molar-refractivity contribution in [1.82, 2.24) is 5.32 Å². The highest BCUT2D eigenvalue weighted by atomic mass is 79.9. The maximum absolute atomic E-state index is 12.2. The van der Waals surface area contributed by atoms with Crippen LogP contribution >= 0.6 is 15.9 Å². The van der Waals surface area contributed by atoms with Crippen molar-refractivity contribution < 1.29 is 19.0 Å². The zero-order valence-electron chi connectivity index (χ0n) is 12.0. The van der Waals surface area contributed by atoms with Crippen molar-refractivity contribution in [3.05, 3.63) is 17.7 Å². The van der Waals surface area contributed by atoms with Crippen LogP contribution in [0.2, 0.25) is 0 Å². The molecule has 0 saturated heterocycles. The molecule has 0 saturated carbocycles. The molecule has 1 amide bonds. The zero-order chi connectivity index (χ0) is 15.0. The van der Waals surface area contributed by atoms with Gasteiger partial charge in [0.2, 0.25) is 0 Å². The predicted molar refractivity (Wildman–Crippen MR) is 81.5 cm³/mol. The van der Waals surface area contributed by atoms with Gasteiger partial charge in [-0.25, -0.2) is 0 Å². The Labute approximate surface area is 127 Å². The Balaban J connectivity index is 2.89. The molecule has 0 spiro atoms. The third-order valence-electron chi connectivity index (χ3n) is 2.80. The molecule has 0 atom stereocenters. The van der Waals surface area contributed by atoms with E-state index in [9.17, 15) is 4.79 Å². The lowest BCUT2D eigenvalue weighted by molar-refractivity contribution is 0.0949. The van der Waals surface area contributed by atoms with Gasteiger partial charge in [0.25, 0.3) is 5.91 Å². The van der Waals surface area contributed by atoms with E-state index >= 15 is 0 Å². The van der Waals surface area contributed by atoms with Crippen LogP contribution in [-0.4, -0.2) is 39.1 Å². The molecule has 0 heterocycles. The van der Waals surface area contributed by atoms with E-state index in [0.29, 0.717) is 29.4 Å². The minimum atomic E-state index is -0.183. The van der Waals surface area contributed by atoms with E-state index in [0.717, 1.165) is 18.2 Å². The van der Waals surface area contributed by atoms with E-state index < -0.39 is 0 Å². The molecule has 0 aromatic heterocycles. The molecule has 6 heteroatoms. The quantitative estimate of drug-likeness (QED) is 0.581. The average molecular weight is 346 g/mol. The van der Waals surface area contributed by atoms with Crippen LogP contribution < -0.4 is 19.5 Å². The van der Waals surface area contributed by atoms with Crippen molar-refractivity contribution >= 4 is 21.8 Å². The van der Waals surface area contributed by atoms with E-state index in [-0.39, 0.29) is 5.91 Å². The van der Waals surface area contributed by atoms with E-state index in [1.54, 1.807) is 12.1 Å². The highest BCUT2D eigenvalue weighted by molar-refractivity contribution is 9.09. The van der Waals surface area contributed by atoms with Crippen LogP contribution in [0.3, 0.4) is 0 Å². The van der Waals surface area contributed by atoms with Crippen LogP contribution in [0.15, 0.2) is 12.1 Å². The number of carbonyl (C=O) groups is 1. The number of methoxy groups -OCH3 is 3. The second-order valence-electron chi connectivity index (χ2n) is 4.06. The normalized spacial score (nSPS) is 10.0. The first kappa shape index (κ1) is 16.6. The van der Waals surface area contributed by atoms with Crippen LogP contribution in [0.4, 0.5) is 0 Å². The molecule has 20 heavy (non-hydrogen) atoms. The molecule has 112 valence electrons. The number of ether oxygens (including phenoxy) is 3. The number of amides is 1. The van der Waals surface area contributed by atoms with E-state index in [1.165, 1.54) is 21.3 Å². The van der Waals surface area contributed by atoms with Crippen molar-refractivity contribution in [1.29, 1.82) is 0 Å². The molecule has 0 radical (unpaired) electrons. The van der Waals surface area contributed by atoms with Crippen molar-refractivity contribution in [2.45, 2.75) is 12.8 Å². The summed E-state index contributed by atoms with van der Waals surface area (Å²) in [5.74, 6) is 1.30. The van der Waals surface area contributed by atoms with Gasteiger partial charge in [-0.05, 0) is 12.8 Å². The molecule has 1 aromatic carbocycles. The van der Waals surface area contributed by atoms with Gasteiger partial charge in [0.05, 0.1) is 26.9 Å². The number of benzene rings is 1. The van der Waals surface area contributed by atoms with Crippen LogP contribution in [0.25, 0.3) is 0 Å². The lowest BCUT2D eigenvalue weighted by Gasteiger charge is -2.14. The first-order valence-corrected chi connectivity index (χ1v) is 7.44. The summed E-state index contributed by atoms with van der Waals surface area (Å²) >= 11 is 3.36. The standard InChI is InChI=1S/C14H20BrNO4/c1-18-11-9-13(20-3)12(19-2)8-10(11)14(17)16-7-5-4-6-15/h8-9H,4-7H2,1-3H3,(H,16,17). The first-order valence-electron chi connectivity index (χ1n) is 6.32. The van der Waals surface area contributed by atoms with Crippen molar-refractivity contribution in [3.8, 4) is 17.2 Å². The van der Waals surface area contributed by atoms with Gasteiger partial charge >= 0.3 is 0 Å². The monoisotopic (exact) mass is 345 g/mol. The molecule has 1 N–H and O–H groups in total. The molecule has 0 aliphatic carbocycles. The SMILES string of the molecule is COc1cc(OC)c(C(=O)NCCCCBr)cc1OC. The van der Waals surface area contributed by atoms with Crippen LogP contribution in [0.5, 0.6) is 17.2 Å². The lowest BCUT2D eigenvalue weighted by Crippen LogP contribution is -2.25. The minimum Gasteiger partial charge on any atom is -0.496 e.